The zero-order valence-corrected chi connectivity index (χ0v) is 11.3. The topological polar surface area (TPSA) is 53.6 Å². The van der Waals surface area contributed by atoms with Crippen molar-refractivity contribution < 1.29 is 0 Å². The second-order valence-corrected chi connectivity index (χ2v) is 4.51. The van der Waals surface area contributed by atoms with Gasteiger partial charge >= 0.3 is 0 Å². The molecule has 4 heteroatoms. The lowest BCUT2D eigenvalue weighted by molar-refractivity contribution is 0.746. The number of benzene rings is 1. The van der Waals surface area contributed by atoms with Crippen LogP contribution >= 0.6 is 0 Å². The Hall–Kier alpha value is -2.28. The molecule has 0 saturated heterocycles. The van der Waals surface area contributed by atoms with Crippen LogP contribution in [0.4, 0.5) is 5.69 Å². The molecule has 0 aliphatic carbocycles. The normalized spacial score (nSPS) is 10.2. The molecule has 0 radical (unpaired) electrons. The summed E-state index contributed by atoms with van der Waals surface area (Å²) in [5.74, 6) is 0. The molecule has 1 aromatic heterocycles. The molecule has 0 fully saturated rings. The minimum atomic E-state index is 0.461. The molecule has 0 amide bonds. The molecule has 0 aliphatic rings. The summed E-state index contributed by atoms with van der Waals surface area (Å²) in [6, 6.07) is 10.1. The number of nitrogens with zero attached hydrogens (tertiary/aromatic N) is 3. The molecule has 4 nitrogen and oxygen atoms in total. The fourth-order valence-electron chi connectivity index (χ4n) is 2.06. The van der Waals surface area contributed by atoms with E-state index in [0.717, 1.165) is 29.9 Å². The lowest BCUT2D eigenvalue weighted by Crippen LogP contribution is -2.01. The highest BCUT2D eigenvalue weighted by atomic mass is 15.3. The standard InChI is InChI=1S/C15H18N4/c1-3-15-13(11-19(2)18-15)10-17-14-6-4-12(5-7-14)8-9-16/h4-7,11,17H,3,8,10H2,1-2H3. The van der Waals surface area contributed by atoms with Gasteiger partial charge in [-0.1, -0.05) is 19.1 Å². The Bertz CT molecular complexity index is 575. The van der Waals surface area contributed by atoms with Crippen LogP contribution < -0.4 is 5.32 Å². The molecule has 1 aromatic carbocycles. The smallest absolute Gasteiger partial charge is 0.0671 e. The first-order valence-corrected chi connectivity index (χ1v) is 6.44. The monoisotopic (exact) mass is 254 g/mol. The average molecular weight is 254 g/mol. The molecule has 0 aliphatic heterocycles. The molecule has 19 heavy (non-hydrogen) atoms. The first kappa shape index (κ1) is 13.2. The van der Waals surface area contributed by atoms with Gasteiger partial charge < -0.3 is 5.32 Å². The summed E-state index contributed by atoms with van der Waals surface area (Å²) < 4.78 is 1.85. The molecular weight excluding hydrogens is 236 g/mol. The molecule has 98 valence electrons. The lowest BCUT2D eigenvalue weighted by atomic mass is 10.1. The Labute approximate surface area is 113 Å². The highest BCUT2D eigenvalue weighted by molar-refractivity contribution is 5.45. The first-order chi connectivity index (χ1) is 9.22. The molecular formula is C15H18N4. The molecule has 0 saturated carbocycles. The maximum Gasteiger partial charge on any atom is 0.0671 e. The summed E-state index contributed by atoms with van der Waals surface area (Å²) in [5.41, 5.74) is 4.47. The van der Waals surface area contributed by atoms with Gasteiger partial charge in [0.2, 0.25) is 0 Å². The molecule has 0 unspecified atom stereocenters. The van der Waals surface area contributed by atoms with E-state index in [9.17, 15) is 0 Å². The van der Waals surface area contributed by atoms with Gasteiger partial charge in [0, 0.05) is 31.0 Å². The van der Waals surface area contributed by atoms with Gasteiger partial charge in [0.15, 0.2) is 0 Å². The Balaban J connectivity index is 2.00. The van der Waals surface area contributed by atoms with Gasteiger partial charge in [-0.05, 0) is 24.1 Å². The van der Waals surface area contributed by atoms with Crippen LogP contribution in [-0.2, 0) is 26.4 Å². The van der Waals surface area contributed by atoms with Crippen LogP contribution in [0.5, 0.6) is 0 Å². The number of aromatic nitrogens is 2. The van der Waals surface area contributed by atoms with Crippen LogP contribution in [0, 0.1) is 11.3 Å². The van der Waals surface area contributed by atoms with Crippen LogP contribution in [0.15, 0.2) is 30.5 Å². The van der Waals surface area contributed by atoms with Crippen molar-refractivity contribution in [2.45, 2.75) is 26.3 Å². The van der Waals surface area contributed by atoms with Crippen molar-refractivity contribution in [3.8, 4) is 6.07 Å². The zero-order chi connectivity index (χ0) is 13.7. The predicted molar refractivity (Wildman–Crippen MR) is 75.7 cm³/mol. The quantitative estimate of drug-likeness (QED) is 0.892. The minimum Gasteiger partial charge on any atom is -0.381 e. The lowest BCUT2D eigenvalue weighted by Gasteiger charge is -2.06. The van der Waals surface area contributed by atoms with Crippen LogP contribution in [0.3, 0.4) is 0 Å². The summed E-state index contributed by atoms with van der Waals surface area (Å²) >= 11 is 0. The first-order valence-electron chi connectivity index (χ1n) is 6.44. The third-order valence-corrected chi connectivity index (χ3v) is 3.05. The van der Waals surface area contributed by atoms with E-state index in [4.69, 9.17) is 5.26 Å². The van der Waals surface area contributed by atoms with Crippen molar-refractivity contribution in [3.63, 3.8) is 0 Å². The zero-order valence-electron chi connectivity index (χ0n) is 11.3. The second kappa shape index (κ2) is 6.05. The van der Waals surface area contributed by atoms with E-state index in [1.54, 1.807) is 0 Å². The summed E-state index contributed by atoms with van der Waals surface area (Å²) in [7, 11) is 1.94. The summed E-state index contributed by atoms with van der Waals surface area (Å²) in [6.45, 7) is 2.89. The highest BCUT2D eigenvalue weighted by Gasteiger charge is 2.05. The van der Waals surface area contributed by atoms with Crippen LogP contribution in [0.1, 0.15) is 23.7 Å². The van der Waals surface area contributed by atoms with Crippen molar-refractivity contribution >= 4 is 5.69 Å². The Morgan fingerprint density at radius 1 is 1.32 bits per heavy atom. The number of anilines is 1. The highest BCUT2D eigenvalue weighted by Crippen LogP contribution is 2.13. The molecule has 2 rings (SSSR count). The van der Waals surface area contributed by atoms with Gasteiger partial charge in [-0.25, -0.2) is 0 Å². The van der Waals surface area contributed by atoms with Crippen LogP contribution in [0.25, 0.3) is 0 Å². The molecule has 2 aromatic rings. The molecule has 0 spiro atoms. The fraction of sp³-hybridized carbons (Fsp3) is 0.333. The number of rotatable bonds is 5. The fourth-order valence-corrected chi connectivity index (χ4v) is 2.06. The summed E-state index contributed by atoms with van der Waals surface area (Å²) in [6.07, 6.45) is 3.46. The van der Waals surface area contributed by atoms with Crippen LogP contribution in [0.2, 0.25) is 0 Å². The molecule has 0 bridgehead atoms. The van der Waals surface area contributed by atoms with E-state index in [2.05, 4.69) is 29.6 Å². The van der Waals surface area contributed by atoms with Crippen molar-refractivity contribution in [2.75, 3.05) is 5.32 Å². The number of hydrogen-bond donors (Lipinski definition) is 1. The van der Waals surface area contributed by atoms with Gasteiger partial charge in [-0.15, -0.1) is 0 Å². The number of nitrogens with one attached hydrogen (secondary N) is 1. The van der Waals surface area contributed by atoms with Gasteiger partial charge in [-0.3, -0.25) is 4.68 Å². The molecule has 0 atom stereocenters. The Morgan fingerprint density at radius 2 is 2.05 bits per heavy atom. The molecule has 1 N–H and O–H groups in total. The Morgan fingerprint density at radius 3 is 2.68 bits per heavy atom. The van der Waals surface area contributed by atoms with Crippen molar-refractivity contribution in [3.05, 3.63) is 47.3 Å². The van der Waals surface area contributed by atoms with E-state index < -0.39 is 0 Å². The van der Waals surface area contributed by atoms with E-state index in [1.165, 1.54) is 5.56 Å². The van der Waals surface area contributed by atoms with E-state index in [0.29, 0.717) is 6.42 Å². The van der Waals surface area contributed by atoms with Crippen molar-refractivity contribution in [1.29, 1.82) is 5.26 Å². The van der Waals surface area contributed by atoms with E-state index in [-0.39, 0.29) is 0 Å². The van der Waals surface area contributed by atoms with Crippen molar-refractivity contribution in [2.24, 2.45) is 7.05 Å². The third-order valence-electron chi connectivity index (χ3n) is 3.05. The number of nitriles is 1. The maximum absolute atomic E-state index is 8.63. The SMILES string of the molecule is CCc1nn(C)cc1CNc1ccc(CC#N)cc1. The Kier molecular flexibility index (Phi) is 4.19. The van der Waals surface area contributed by atoms with E-state index >= 15 is 0 Å². The van der Waals surface area contributed by atoms with Crippen molar-refractivity contribution in [1.82, 2.24) is 9.78 Å². The van der Waals surface area contributed by atoms with Gasteiger partial charge in [0.1, 0.15) is 0 Å². The van der Waals surface area contributed by atoms with Crippen LogP contribution in [-0.4, -0.2) is 9.78 Å². The van der Waals surface area contributed by atoms with Gasteiger partial charge in [0.25, 0.3) is 0 Å². The van der Waals surface area contributed by atoms with Gasteiger partial charge in [-0.2, -0.15) is 10.4 Å². The van der Waals surface area contributed by atoms with Gasteiger partial charge in [0.05, 0.1) is 18.2 Å². The second-order valence-electron chi connectivity index (χ2n) is 4.51. The largest absolute Gasteiger partial charge is 0.381 e. The summed E-state index contributed by atoms with van der Waals surface area (Å²) in [4.78, 5) is 0. The third kappa shape index (κ3) is 3.35. The average Bonchev–Trinajstić information content (AvgIpc) is 2.79. The summed E-state index contributed by atoms with van der Waals surface area (Å²) in [5, 5.41) is 16.4. The van der Waals surface area contributed by atoms with E-state index in [1.807, 2.05) is 36.0 Å². The molecule has 1 heterocycles. The number of aryl methyl sites for hydroxylation is 2. The minimum absolute atomic E-state index is 0.461. The maximum atomic E-state index is 8.63. The number of hydrogen-bond acceptors (Lipinski definition) is 3. The predicted octanol–water partition coefficient (Wildman–Crippen LogP) is 2.66.